The molecule has 2 heterocycles. The molecule has 2 aliphatic rings. The molecule has 4 atom stereocenters. The number of nitrogens with zero attached hydrogens (tertiary/aromatic N) is 2. The minimum absolute atomic E-state index is 0.0395. The largest absolute Gasteiger partial charge is 0.377 e. The molecule has 1 saturated heterocycles. The lowest BCUT2D eigenvalue weighted by atomic mass is 10.2. The molecular weight excluding hydrogens is 308 g/mol. The van der Waals surface area contributed by atoms with Crippen molar-refractivity contribution in [3.05, 3.63) is 17.7 Å². The molecule has 4 unspecified atom stereocenters. The fourth-order valence-electron chi connectivity index (χ4n) is 3.60. The number of hydrogen-bond donors (Lipinski definition) is 2. The first-order valence-corrected chi connectivity index (χ1v) is 8.74. The number of aromatic nitrogens is 2. The van der Waals surface area contributed by atoms with Crippen molar-refractivity contribution in [2.75, 3.05) is 19.7 Å². The number of aryl methyl sites for hydroxylation is 1. The maximum Gasteiger partial charge on any atom is 0.272 e. The maximum atomic E-state index is 12.6. The molecule has 2 N–H and O–H groups in total. The second-order valence-corrected chi connectivity index (χ2v) is 6.73. The van der Waals surface area contributed by atoms with Crippen LogP contribution in [-0.4, -0.2) is 58.5 Å². The van der Waals surface area contributed by atoms with E-state index in [1.54, 1.807) is 6.20 Å². The van der Waals surface area contributed by atoms with Crippen molar-refractivity contribution in [2.24, 2.45) is 11.8 Å². The van der Waals surface area contributed by atoms with Crippen molar-refractivity contribution < 1.29 is 14.3 Å². The first-order chi connectivity index (χ1) is 11.5. The molecule has 1 aliphatic heterocycles. The summed E-state index contributed by atoms with van der Waals surface area (Å²) in [6.07, 6.45) is 3.49. The standard InChI is InChI=1S/C17H26N4O3/c1-4-24-15-10(2)14(15)16(22)19-8-12-6-5-7-21(12)17(23)13-9-18-11(3)20-13/h9-10,12,14-15H,4-8H2,1-3H3,(H,18,20)(H,19,22). The average Bonchev–Trinajstić information content (AvgIpc) is 2.96. The Balaban J connectivity index is 1.53. The lowest BCUT2D eigenvalue weighted by Gasteiger charge is -2.24. The van der Waals surface area contributed by atoms with E-state index in [1.807, 2.05) is 25.7 Å². The van der Waals surface area contributed by atoms with Crippen LogP contribution in [0.5, 0.6) is 0 Å². The molecule has 132 valence electrons. The monoisotopic (exact) mass is 334 g/mol. The highest BCUT2D eigenvalue weighted by atomic mass is 16.5. The Morgan fingerprint density at radius 3 is 2.96 bits per heavy atom. The van der Waals surface area contributed by atoms with Crippen LogP contribution in [0.4, 0.5) is 0 Å². The summed E-state index contributed by atoms with van der Waals surface area (Å²) >= 11 is 0. The Bertz CT molecular complexity index is 615. The molecule has 24 heavy (non-hydrogen) atoms. The van der Waals surface area contributed by atoms with E-state index in [0.29, 0.717) is 18.8 Å². The summed E-state index contributed by atoms with van der Waals surface area (Å²) in [7, 11) is 0. The van der Waals surface area contributed by atoms with Crippen molar-refractivity contribution >= 4 is 11.8 Å². The van der Waals surface area contributed by atoms with Crippen molar-refractivity contribution in [1.82, 2.24) is 20.2 Å². The van der Waals surface area contributed by atoms with Gasteiger partial charge < -0.3 is 19.9 Å². The Kier molecular flexibility index (Phi) is 4.89. The summed E-state index contributed by atoms with van der Waals surface area (Å²) in [4.78, 5) is 33.8. The van der Waals surface area contributed by atoms with Gasteiger partial charge in [0.2, 0.25) is 5.91 Å². The minimum atomic E-state index is -0.0502. The summed E-state index contributed by atoms with van der Waals surface area (Å²) in [5, 5.41) is 3.01. The number of ether oxygens (including phenoxy) is 1. The Hall–Kier alpha value is -1.89. The zero-order valence-corrected chi connectivity index (χ0v) is 14.5. The number of nitrogens with one attached hydrogen (secondary N) is 2. The minimum Gasteiger partial charge on any atom is -0.377 e. The van der Waals surface area contributed by atoms with Gasteiger partial charge in [0.15, 0.2) is 0 Å². The summed E-state index contributed by atoms with van der Waals surface area (Å²) in [6.45, 7) is 7.66. The van der Waals surface area contributed by atoms with E-state index in [2.05, 4.69) is 15.3 Å². The van der Waals surface area contributed by atoms with E-state index in [9.17, 15) is 9.59 Å². The smallest absolute Gasteiger partial charge is 0.272 e. The number of aromatic amines is 1. The first-order valence-electron chi connectivity index (χ1n) is 8.74. The van der Waals surface area contributed by atoms with Gasteiger partial charge in [-0.2, -0.15) is 0 Å². The Morgan fingerprint density at radius 2 is 2.29 bits per heavy atom. The van der Waals surface area contributed by atoms with Crippen LogP contribution >= 0.6 is 0 Å². The van der Waals surface area contributed by atoms with Gasteiger partial charge in [0.05, 0.1) is 18.2 Å². The predicted octanol–water partition coefficient (Wildman–Crippen LogP) is 1.11. The Labute approximate surface area is 142 Å². The second-order valence-electron chi connectivity index (χ2n) is 6.73. The molecule has 1 saturated carbocycles. The lowest BCUT2D eigenvalue weighted by Crippen LogP contribution is -2.43. The molecule has 1 aromatic rings. The molecule has 1 aliphatic carbocycles. The molecule has 0 spiro atoms. The van der Waals surface area contributed by atoms with Gasteiger partial charge in [0, 0.05) is 25.7 Å². The van der Waals surface area contributed by atoms with Crippen LogP contribution in [0.15, 0.2) is 6.20 Å². The van der Waals surface area contributed by atoms with E-state index in [0.717, 1.165) is 25.2 Å². The molecule has 2 amide bonds. The third-order valence-electron chi connectivity index (χ3n) is 5.04. The number of carbonyl (C=O) groups excluding carboxylic acids is 2. The van der Waals surface area contributed by atoms with Gasteiger partial charge in [-0.15, -0.1) is 0 Å². The van der Waals surface area contributed by atoms with Gasteiger partial charge >= 0.3 is 0 Å². The van der Waals surface area contributed by atoms with Crippen LogP contribution in [0.1, 0.15) is 43.0 Å². The molecule has 0 aromatic carbocycles. The van der Waals surface area contributed by atoms with Crippen LogP contribution < -0.4 is 5.32 Å². The van der Waals surface area contributed by atoms with Crippen LogP contribution in [0, 0.1) is 18.8 Å². The predicted molar refractivity (Wildman–Crippen MR) is 88.5 cm³/mol. The third kappa shape index (κ3) is 3.31. The summed E-state index contributed by atoms with van der Waals surface area (Å²) in [5.41, 5.74) is 0.512. The number of likely N-dealkylation sites (tertiary alicyclic amines) is 1. The number of rotatable bonds is 6. The number of amides is 2. The normalized spacial score (nSPS) is 28.9. The highest BCUT2D eigenvalue weighted by Crippen LogP contribution is 2.41. The number of imidazole rings is 1. The fraction of sp³-hybridized carbons (Fsp3) is 0.706. The van der Waals surface area contributed by atoms with Crippen LogP contribution in [0.2, 0.25) is 0 Å². The molecular formula is C17H26N4O3. The van der Waals surface area contributed by atoms with Crippen LogP contribution in [0.3, 0.4) is 0 Å². The van der Waals surface area contributed by atoms with Crippen molar-refractivity contribution in [3.63, 3.8) is 0 Å². The van der Waals surface area contributed by atoms with Crippen LogP contribution in [0.25, 0.3) is 0 Å². The van der Waals surface area contributed by atoms with Crippen molar-refractivity contribution in [2.45, 2.75) is 45.8 Å². The SMILES string of the molecule is CCOC1C(C)C1C(=O)NCC1CCCN1C(=O)c1cnc(C)[nH]1. The van der Waals surface area contributed by atoms with E-state index >= 15 is 0 Å². The number of H-pyrrole nitrogens is 1. The van der Waals surface area contributed by atoms with Crippen molar-refractivity contribution in [1.29, 1.82) is 0 Å². The summed E-state index contributed by atoms with van der Waals surface area (Å²) < 4.78 is 5.55. The zero-order valence-electron chi connectivity index (χ0n) is 14.5. The molecule has 1 aromatic heterocycles. The molecule has 0 radical (unpaired) electrons. The van der Waals surface area contributed by atoms with Gasteiger partial charge in [-0.3, -0.25) is 9.59 Å². The van der Waals surface area contributed by atoms with Gasteiger partial charge in [0.1, 0.15) is 11.5 Å². The molecule has 7 heteroatoms. The molecule has 0 bridgehead atoms. The number of carbonyl (C=O) groups is 2. The lowest BCUT2D eigenvalue weighted by molar-refractivity contribution is -0.123. The average molecular weight is 334 g/mol. The van der Waals surface area contributed by atoms with E-state index in [4.69, 9.17) is 4.74 Å². The highest BCUT2D eigenvalue weighted by Gasteiger charge is 2.52. The number of hydrogen-bond acceptors (Lipinski definition) is 4. The van der Waals surface area contributed by atoms with Gasteiger partial charge in [0.25, 0.3) is 5.91 Å². The van der Waals surface area contributed by atoms with Gasteiger partial charge in [-0.25, -0.2) is 4.98 Å². The molecule has 3 rings (SSSR count). The summed E-state index contributed by atoms with van der Waals surface area (Å²) in [5.74, 6) is 0.953. The first kappa shape index (κ1) is 17.0. The topological polar surface area (TPSA) is 87.3 Å². The maximum absolute atomic E-state index is 12.6. The Morgan fingerprint density at radius 1 is 1.50 bits per heavy atom. The van der Waals surface area contributed by atoms with E-state index in [-0.39, 0.29) is 35.8 Å². The molecule has 2 fully saturated rings. The zero-order chi connectivity index (χ0) is 17.3. The van der Waals surface area contributed by atoms with E-state index in [1.165, 1.54) is 0 Å². The van der Waals surface area contributed by atoms with Crippen molar-refractivity contribution in [3.8, 4) is 0 Å². The van der Waals surface area contributed by atoms with Gasteiger partial charge in [-0.1, -0.05) is 6.92 Å². The van der Waals surface area contributed by atoms with Gasteiger partial charge in [-0.05, 0) is 32.6 Å². The fourth-order valence-corrected chi connectivity index (χ4v) is 3.60. The van der Waals surface area contributed by atoms with E-state index < -0.39 is 0 Å². The van der Waals surface area contributed by atoms with Crippen LogP contribution in [-0.2, 0) is 9.53 Å². The second kappa shape index (κ2) is 6.93. The highest BCUT2D eigenvalue weighted by molar-refractivity contribution is 5.92. The third-order valence-corrected chi connectivity index (χ3v) is 5.04. The molecule has 7 nitrogen and oxygen atoms in total. The quantitative estimate of drug-likeness (QED) is 0.816. The summed E-state index contributed by atoms with van der Waals surface area (Å²) in [6, 6.07) is 0.0460.